The van der Waals surface area contributed by atoms with Gasteiger partial charge in [0.1, 0.15) is 5.52 Å². The molecule has 33 heavy (non-hydrogen) atoms. The van der Waals surface area contributed by atoms with Gasteiger partial charge in [0.15, 0.2) is 24.6 Å². The molecule has 5 rings (SSSR count). The van der Waals surface area contributed by atoms with Crippen LogP contribution in [0.3, 0.4) is 0 Å². The van der Waals surface area contributed by atoms with Crippen molar-refractivity contribution in [1.82, 2.24) is 4.68 Å². The van der Waals surface area contributed by atoms with Crippen LogP contribution in [-0.2, 0) is 7.05 Å². The van der Waals surface area contributed by atoms with E-state index in [9.17, 15) is 0 Å². The molecule has 0 unspecified atom stereocenters. The molecular formula is C29H28N4+2. The predicted molar refractivity (Wildman–Crippen MR) is 134 cm³/mol. The van der Waals surface area contributed by atoms with Gasteiger partial charge in [-0.15, -0.1) is 4.68 Å². The Bertz CT molecular complexity index is 1580. The lowest BCUT2D eigenvalue weighted by Crippen LogP contribution is -2.41. The Balaban J connectivity index is 1.85. The van der Waals surface area contributed by atoms with Gasteiger partial charge in [0, 0.05) is 35.6 Å². The number of para-hydroxylation sites is 1. The molecule has 0 radical (unpaired) electrons. The van der Waals surface area contributed by atoms with E-state index in [1.807, 2.05) is 12.1 Å². The average Bonchev–Trinajstić information content (AvgIpc) is 3.10. The van der Waals surface area contributed by atoms with E-state index in [1.165, 1.54) is 21.7 Å². The number of aryl methyl sites for hydroxylation is 1. The molecule has 0 atom stereocenters. The molecule has 0 bridgehead atoms. The third-order valence-corrected chi connectivity index (χ3v) is 6.56. The lowest BCUT2D eigenvalue weighted by Gasteiger charge is -2.10. The Morgan fingerprint density at radius 1 is 0.909 bits per heavy atom. The number of aromatic nitrogens is 3. The van der Waals surface area contributed by atoms with Crippen molar-refractivity contribution in [3.05, 3.63) is 95.6 Å². The molecule has 0 saturated carbocycles. The Labute approximate surface area is 194 Å². The van der Waals surface area contributed by atoms with Crippen LogP contribution in [0.5, 0.6) is 0 Å². The zero-order chi connectivity index (χ0) is 23.3. The second kappa shape index (κ2) is 7.86. The second-order valence-corrected chi connectivity index (χ2v) is 8.99. The molecule has 162 valence electrons. The average molecular weight is 433 g/mol. The summed E-state index contributed by atoms with van der Waals surface area (Å²) in [6.07, 6.45) is 2.18. The van der Waals surface area contributed by atoms with Crippen molar-refractivity contribution in [2.75, 3.05) is 0 Å². The molecule has 0 spiro atoms. The van der Waals surface area contributed by atoms with E-state index in [0.717, 1.165) is 28.2 Å². The van der Waals surface area contributed by atoms with Gasteiger partial charge in [0.25, 0.3) is 0 Å². The number of nitrogens with zero attached hydrogens (tertiary/aromatic N) is 4. The monoisotopic (exact) mass is 432 g/mol. The zero-order valence-electron chi connectivity index (χ0n) is 19.8. The number of benzene rings is 3. The van der Waals surface area contributed by atoms with Crippen LogP contribution in [0.1, 0.15) is 31.1 Å². The van der Waals surface area contributed by atoms with Crippen LogP contribution in [0.15, 0.2) is 72.9 Å². The minimum Gasteiger partial charge on any atom is -0.238 e. The number of rotatable bonds is 3. The first-order valence-electron chi connectivity index (χ1n) is 11.3. The van der Waals surface area contributed by atoms with E-state index in [2.05, 4.69) is 114 Å². The van der Waals surface area contributed by atoms with E-state index < -0.39 is 0 Å². The zero-order valence-corrected chi connectivity index (χ0v) is 19.8. The van der Waals surface area contributed by atoms with Gasteiger partial charge in [-0.3, -0.25) is 0 Å². The topological polar surface area (TPSA) is 17.0 Å². The van der Waals surface area contributed by atoms with Gasteiger partial charge in [0.05, 0.1) is 18.0 Å². The Hall–Kier alpha value is -3.97. The molecule has 0 amide bonds. The smallest absolute Gasteiger partial charge is 0.238 e. The summed E-state index contributed by atoms with van der Waals surface area (Å²) in [7, 11) is 2.12. The highest BCUT2D eigenvalue weighted by Crippen LogP contribution is 2.35. The standard InChI is InChI=1S/C29H28N4/c1-19(2)33-27-14-10-9-13-25(27)29(31(33)6)26-16-24(30-5)17-28(21(26)4)32-18-23-12-8-7-11-22(23)15-20(32)3/h7-19H,1-4,6H3/q+2. The van der Waals surface area contributed by atoms with E-state index in [4.69, 9.17) is 6.57 Å². The van der Waals surface area contributed by atoms with Crippen molar-refractivity contribution in [3.8, 4) is 16.9 Å². The summed E-state index contributed by atoms with van der Waals surface area (Å²) in [5.41, 5.74) is 7.43. The maximum Gasteiger partial charge on any atom is 0.245 e. The Morgan fingerprint density at radius 2 is 1.61 bits per heavy atom. The molecule has 0 aliphatic rings. The highest BCUT2D eigenvalue weighted by atomic mass is 15.4. The number of fused-ring (bicyclic) bond motifs is 2. The number of hydrogen-bond donors (Lipinski definition) is 0. The van der Waals surface area contributed by atoms with Crippen LogP contribution in [0.4, 0.5) is 5.69 Å². The summed E-state index contributed by atoms with van der Waals surface area (Å²) < 4.78 is 6.78. The summed E-state index contributed by atoms with van der Waals surface area (Å²) in [5.74, 6) is 0. The third-order valence-electron chi connectivity index (χ3n) is 6.56. The quantitative estimate of drug-likeness (QED) is 0.235. The van der Waals surface area contributed by atoms with Gasteiger partial charge in [-0.2, -0.15) is 9.25 Å². The maximum atomic E-state index is 7.81. The van der Waals surface area contributed by atoms with Crippen molar-refractivity contribution < 1.29 is 9.25 Å². The fourth-order valence-electron chi connectivity index (χ4n) is 5.06. The molecular weight excluding hydrogens is 404 g/mol. The second-order valence-electron chi connectivity index (χ2n) is 8.99. The SMILES string of the molecule is [C-]#[N+]c1cc(-c2c3ccccc3n(C(C)C)[n+]2C)c(C)c(-[n+]2cc3ccccc3cc2C)c1. The lowest BCUT2D eigenvalue weighted by atomic mass is 9.99. The molecule has 0 fully saturated rings. The van der Waals surface area contributed by atoms with Crippen molar-refractivity contribution >= 4 is 27.4 Å². The van der Waals surface area contributed by atoms with Crippen LogP contribution in [0.2, 0.25) is 0 Å². The molecule has 0 saturated heterocycles. The highest BCUT2D eigenvalue weighted by Gasteiger charge is 2.29. The Morgan fingerprint density at radius 3 is 2.33 bits per heavy atom. The Kier molecular flexibility index (Phi) is 4.98. The first-order valence-corrected chi connectivity index (χ1v) is 11.3. The molecule has 2 heterocycles. The lowest BCUT2D eigenvalue weighted by molar-refractivity contribution is -0.743. The van der Waals surface area contributed by atoms with Crippen molar-refractivity contribution in [2.24, 2.45) is 7.05 Å². The summed E-state index contributed by atoms with van der Waals surface area (Å²) in [6.45, 7) is 16.5. The minimum atomic E-state index is 0.314. The van der Waals surface area contributed by atoms with E-state index >= 15 is 0 Å². The largest absolute Gasteiger partial charge is 0.245 e. The van der Waals surface area contributed by atoms with Gasteiger partial charge in [-0.25, -0.2) is 4.85 Å². The van der Waals surface area contributed by atoms with Gasteiger partial charge < -0.3 is 0 Å². The molecule has 0 N–H and O–H groups in total. The van der Waals surface area contributed by atoms with Crippen molar-refractivity contribution in [1.29, 1.82) is 0 Å². The van der Waals surface area contributed by atoms with Crippen LogP contribution >= 0.6 is 0 Å². The number of pyridine rings is 1. The minimum absolute atomic E-state index is 0.314. The van der Waals surface area contributed by atoms with Gasteiger partial charge in [-0.1, -0.05) is 30.3 Å². The molecule has 0 aliphatic carbocycles. The van der Waals surface area contributed by atoms with Crippen LogP contribution in [0.25, 0.3) is 43.5 Å². The third kappa shape index (κ3) is 3.29. The predicted octanol–water partition coefficient (Wildman–Crippen LogP) is 6.31. The molecule has 5 aromatic rings. The first-order chi connectivity index (χ1) is 15.9. The van der Waals surface area contributed by atoms with Crippen LogP contribution < -0.4 is 9.25 Å². The van der Waals surface area contributed by atoms with E-state index in [1.54, 1.807) is 0 Å². The van der Waals surface area contributed by atoms with Gasteiger partial charge >= 0.3 is 0 Å². The normalized spacial score (nSPS) is 11.4. The van der Waals surface area contributed by atoms with Crippen LogP contribution in [0, 0.1) is 20.4 Å². The van der Waals surface area contributed by atoms with Crippen LogP contribution in [-0.4, -0.2) is 4.68 Å². The van der Waals surface area contributed by atoms with E-state index in [0.29, 0.717) is 11.7 Å². The highest BCUT2D eigenvalue weighted by molar-refractivity contribution is 5.93. The maximum absolute atomic E-state index is 7.81. The molecule has 4 heteroatoms. The fourth-order valence-corrected chi connectivity index (χ4v) is 5.06. The molecule has 0 aliphatic heterocycles. The molecule has 4 nitrogen and oxygen atoms in total. The summed E-state index contributed by atoms with van der Waals surface area (Å²) in [5, 5.41) is 3.60. The van der Waals surface area contributed by atoms with E-state index in [-0.39, 0.29) is 0 Å². The van der Waals surface area contributed by atoms with Crippen molar-refractivity contribution in [2.45, 2.75) is 33.7 Å². The summed E-state index contributed by atoms with van der Waals surface area (Å²) >= 11 is 0. The summed E-state index contributed by atoms with van der Waals surface area (Å²) in [6, 6.07) is 23.5. The summed E-state index contributed by atoms with van der Waals surface area (Å²) in [4.78, 5) is 3.85. The first kappa shape index (κ1) is 20.9. The molecule has 2 aromatic heterocycles. The number of hydrogen-bond acceptors (Lipinski definition) is 0. The van der Waals surface area contributed by atoms with Gasteiger partial charge in [-0.05, 0) is 50.4 Å². The molecule has 3 aromatic carbocycles. The fraction of sp³-hybridized carbons (Fsp3) is 0.207. The van der Waals surface area contributed by atoms with Crippen molar-refractivity contribution in [3.63, 3.8) is 0 Å². The van der Waals surface area contributed by atoms with Gasteiger partial charge in [0.2, 0.25) is 11.4 Å².